The summed E-state index contributed by atoms with van der Waals surface area (Å²) in [4.78, 5) is 48.2. The fourth-order valence-electron chi connectivity index (χ4n) is 5.24. The van der Waals surface area contributed by atoms with Crippen LogP contribution in [-0.2, 0) is 43.4 Å². The Bertz CT molecular complexity index is 1400. The minimum absolute atomic E-state index is 0.114. The predicted octanol–water partition coefficient (Wildman–Crippen LogP) is -0.367. The molecule has 2 saturated heterocycles. The number of rotatable bonds is 7. The first-order valence-corrected chi connectivity index (χ1v) is 14.6. The number of piperazine rings is 1. The molecule has 2 aliphatic heterocycles. The number of hydrogen-bond donors (Lipinski definition) is 2. The van der Waals surface area contributed by atoms with E-state index in [0.717, 1.165) is 16.9 Å². The maximum absolute atomic E-state index is 13.9. The molecule has 0 saturated carbocycles. The van der Waals surface area contributed by atoms with Crippen molar-refractivity contribution < 1.29 is 28.6 Å². The van der Waals surface area contributed by atoms with Crippen LogP contribution in [0.5, 0.6) is 5.75 Å². The average molecular weight is 607 g/mol. The van der Waals surface area contributed by atoms with Crippen molar-refractivity contribution in [2.24, 2.45) is 0 Å². The molecule has 234 valence electrons. The summed E-state index contributed by atoms with van der Waals surface area (Å²) >= 11 is 0. The molecule has 0 unspecified atom stereocenters. The van der Waals surface area contributed by atoms with Crippen molar-refractivity contribution in [2.45, 2.75) is 31.6 Å². The zero-order valence-corrected chi connectivity index (χ0v) is 24.8. The molecule has 0 bridgehead atoms. The lowest BCUT2D eigenvalue weighted by Crippen LogP contribution is -2.63. The number of pyridine rings is 1. The summed E-state index contributed by atoms with van der Waals surface area (Å²) in [6.07, 6.45) is 5.30. The van der Waals surface area contributed by atoms with Gasteiger partial charge in [-0.1, -0.05) is 23.4 Å². The number of amides is 3. The SMILES string of the molecule is COc1cccc(CN2CCN3C(=O)COCCOCCNC(=O)[C@@H](Cc4cn(Cc5cccnc5)nn4)NC(=O)[C@@H]3C2)c1. The topological polar surface area (TPSA) is 153 Å². The minimum Gasteiger partial charge on any atom is -0.497 e. The summed E-state index contributed by atoms with van der Waals surface area (Å²) in [5.41, 5.74) is 2.51. The molecule has 2 fully saturated rings. The molecule has 0 radical (unpaired) electrons. The van der Waals surface area contributed by atoms with Crippen LogP contribution in [0.3, 0.4) is 0 Å². The van der Waals surface area contributed by atoms with Gasteiger partial charge >= 0.3 is 0 Å². The molecule has 2 aromatic heterocycles. The van der Waals surface area contributed by atoms with Crippen molar-refractivity contribution in [2.75, 3.05) is 59.7 Å². The molecule has 3 aromatic rings. The molecule has 2 aliphatic rings. The normalized spacial score (nSPS) is 21.0. The number of ether oxygens (including phenoxy) is 3. The zero-order valence-electron chi connectivity index (χ0n) is 24.8. The van der Waals surface area contributed by atoms with Crippen LogP contribution < -0.4 is 15.4 Å². The van der Waals surface area contributed by atoms with E-state index in [1.165, 1.54) is 4.90 Å². The van der Waals surface area contributed by atoms with Gasteiger partial charge in [-0.15, -0.1) is 5.10 Å². The summed E-state index contributed by atoms with van der Waals surface area (Å²) in [6, 6.07) is 9.74. The number of carbonyl (C=O) groups is 3. The van der Waals surface area contributed by atoms with Crippen molar-refractivity contribution in [3.8, 4) is 5.75 Å². The summed E-state index contributed by atoms with van der Waals surface area (Å²) in [5.74, 6) is -0.352. The van der Waals surface area contributed by atoms with E-state index < -0.39 is 18.0 Å². The molecule has 44 heavy (non-hydrogen) atoms. The Kier molecular flexibility index (Phi) is 10.8. The van der Waals surface area contributed by atoms with Gasteiger partial charge in [0.1, 0.15) is 24.4 Å². The third-order valence-electron chi connectivity index (χ3n) is 7.47. The number of aromatic nitrogens is 4. The van der Waals surface area contributed by atoms with Crippen molar-refractivity contribution in [1.82, 2.24) is 40.4 Å². The van der Waals surface area contributed by atoms with Crippen LogP contribution in [0.2, 0.25) is 0 Å². The number of nitrogens with one attached hydrogen (secondary N) is 2. The Morgan fingerprint density at radius 1 is 1.00 bits per heavy atom. The van der Waals surface area contributed by atoms with E-state index in [1.54, 1.807) is 30.4 Å². The molecular weight excluding hydrogens is 568 g/mol. The highest BCUT2D eigenvalue weighted by molar-refractivity contribution is 5.92. The van der Waals surface area contributed by atoms with E-state index in [9.17, 15) is 14.4 Å². The van der Waals surface area contributed by atoms with Crippen molar-refractivity contribution in [1.29, 1.82) is 0 Å². The number of methoxy groups -OCH3 is 1. The van der Waals surface area contributed by atoms with Gasteiger partial charge < -0.3 is 29.7 Å². The summed E-state index contributed by atoms with van der Waals surface area (Å²) in [5, 5.41) is 14.2. The van der Waals surface area contributed by atoms with Crippen molar-refractivity contribution >= 4 is 17.7 Å². The van der Waals surface area contributed by atoms with E-state index in [-0.39, 0.29) is 57.8 Å². The van der Waals surface area contributed by atoms with E-state index in [1.807, 2.05) is 36.4 Å². The fraction of sp³-hybridized carbons (Fsp3) is 0.467. The van der Waals surface area contributed by atoms with Crippen LogP contribution in [0, 0.1) is 0 Å². The lowest BCUT2D eigenvalue weighted by molar-refractivity contribution is -0.148. The summed E-state index contributed by atoms with van der Waals surface area (Å²) in [6.45, 7) is 3.08. The summed E-state index contributed by atoms with van der Waals surface area (Å²) < 4.78 is 18.1. The molecular formula is C30H38N8O6. The van der Waals surface area contributed by atoms with Crippen LogP contribution in [0.1, 0.15) is 16.8 Å². The molecule has 1 aromatic carbocycles. The quantitative estimate of drug-likeness (QED) is 0.364. The Morgan fingerprint density at radius 2 is 1.86 bits per heavy atom. The Labute approximate surface area is 255 Å². The average Bonchev–Trinajstić information content (AvgIpc) is 3.48. The van der Waals surface area contributed by atoms with E-state index in [2.05, 4.69) is 30.8 Å². The van der Waals surface area contributed by atoms with E-state index in [0.29, 0.717) is 31.9 Å². The van der Waals surface area contributed by atoms with Gasteiger partial charge in [-0.25, -0.2) is 4.68 Å². The fourth-order valence-corrected chi connectivity index (χ4v) is 5.24. The monoisotopic (exact) mass is 606 g/mol. The van der Waals surface area contributed by atoms with E-state index in [4.69, 9.17) is 14.2 Å². The maximum atomic E-state index is 13.9. The van der Waals surface area contributed by atoms with Crippen LogP contribution >= 0.6 is 0 Å². The number of fused-ring (bicyclic) bond motifs is 1. The Hall–Kier alpha value is -4.40. The molecule has 0 aliphatic carbocycles. The molecule has 14 heteroatoms. The lowest BCUT2D eigenvalue weighted by Gasteiger charge is -2.41. The van der Waals surface area contributed by atoms with Gasteiger partial charge in [-0.05, 0) is 29.3 Å². The van der Waals surface area contributed by atoms with Gasteiger partial charge in [0.2, 0.25) is 17.7 Å². The first-order chi connectivity index (χ1) is 21.5. The number of hydrogen-bond acceptors (Lipinski definition) is 10. The first kappa shape index (κ1) is 31.0. The van der Waals surface area contributed by atoms with E-state index >= 15 is 0 Å². The van der Waals surface area contributed by atoms with Gasteiger partial charge in [0.05, 0.1) is 39.2 Å². The van der Waals surface area contributed by atoms with Crippen LogP contribution in [-0.4, -0.2) is 119 Å². The van der Waals surface area contributed by atoms with Gasteiger partial charge in [-0.2, -0.15) is 0 Å². The van der Waals surface area contributed by atoms with Gasteiger partial charge in [0.15, 0.2) is 0 Å². The number of benzene rings is 1. The highest BCUT2D eigenvalue weighted by Gasteiger charge is 2.37. The second-order valence-corrected chi connectivity index (χ2v) is 10.7. The smallest absolute Gasteiger partial charge is 0.249 e. The maximum Gasteiger partial charge on any atom is 0.249 e. The molecule has 5 rings (SSSR count). The predicted molar refractivity (Wildman–Crippen MR) is 157 cm³/mol. The number of carbonyl (C=O) groups excluding carboxylic acids is 3. The standard InChI is InChI=1S/C30H38N8O6/c1-42-25-6-2-4-22(14-25)17-36-9-10-38-27(20-36)30(41)33-26(29(40)32-8-11-43-12-13-44-21-28(38)39)15-24-19-37(35-34-24)18-23-5-3-7-31-16-23/h2-7,14,16,19,26-27H,8-13,15,17-18,20-21H2,1H3,(H,32,40)(H,33,41)/t26-,27+/m1/s1. The lowest BCUT2D eigenvalue weighted by atomic mass is 10.1. The highest BCUT2D eigenvalue weighted by Crippen LogP contribution is 2.18. The first-order valence-electron chi connectivity index (χ1n) is 14.6. The molecule has 3 amide bonds. The summed E-state index contributed by atoms with van der Waals surface area (Å²) in [7, 11) is 1.62. The molecule has 2 atom stereocenters. The minimum atomic E-state index is -0.946. The zero-order chi connectivity index (χ0) is 30.7. The molecule has 14 nitrogen and oxygen atoms in total. The third-order valence-corrected chi connectivity index (χ3v) is 7.47. The largest absolute Gasteiger partial charge is 0.497 e. The second-order valence-electron chi connectivity index (χ2n) is 10.7. The van der Waals surface area contributed by atoms with Gasteiger partial charge in [0.25, 0.3) is 0 Å². The van der Waals surface area contributed by atoms with Crippen LogP contribution in [0.25, 0.3) is 0 Å². The number of nitrogens with zero attached hydrogens (tertiary/aromatic N) is 6. The third kappa shape index (κ3) is 8.58. The molecule has 4 heterocycles. The van der Waals surface area contributed by atoms with Gasteiger partial charge in [-0.3, -0.25) is 24.3 Å². The van der Waals surface area contributed by atoms with Crippen LogP contribution in [0.15, 0.2) is 55.0 Å². The molecule has 2 N–H and O–H groups in total. The second kappa shape index (κ2) is 15.4. The highest BCUT2D eigenvalue weighted by atomic mass is 16.5. The van der Waals surface area contributed by atoms with Crippen molar-refractivity contribution in [3.05, 3.63) is 71.8 Å². The van der Waals surface area contributed by atoms with Crippen molar-refractivity contribution in [3.63, 3.8) is 0 Å². The Balaban J connectivity index is 1.33. The van der Waals surface area contributed by atoms with Crippen LogP contribution in [0.4, 0.5) is 0 Å². The Morgan fingerprint density at radius 3 is 2.70 bits per heavy atom. The molecule has 0 spiro atoms. The van der Waals surface area contributed by atoms with Gasteiger partial charge in [0, 0.05) is 57.7 Å².